The molecule has 1 heterocycles. The van der Waals surface area contributed by atoms with E-state index in [4.69, 9.17) is 5.73 Å². The molecule has 0 saturated carbocycles. The van der Waals surface area contributed by atoms with Crippen molar-refractivity contribution in [2.45, 2.75) is 20.4 Å². The Morgan fingerprint density at radius 2 is 2.00 bits per heavy atom. The summed E-state index contributed by atoms with van der Waals surface area (Å²) in [5, 5.41) is 3.33. The second kappa shape index (κ2) is 4.82. The lowest BCUT2D eigenvalue weighted by Crippen LogP contribution is -2.07. The van der Waals surface area contributed by atoms with E-state index in [0.717, 1.165) is 11.3 Å². The Kier molecular flexibility index (Phi) is 3.23. The number of hydrogen-bond acceptors (Lipinski definition) is 4. The zero-order valence-corrected chi connectivity index (χ0v) is 10.1. The van der Waals surface area contributed by atoms with E-state index in [1.807, 2.05) is 25.1 Å². The van der Waals surface area contributed by atoms with Crippen molar-refractivity contribution in [2.75, 3.05) is 11.1 Å². The van der Waals surface area contributed by atoms with Crippen molar-refractivity contribution >= 4 is 11.5 Å². The maximum atomic E-state index is 5.83. The smallest absolute Gasteiger partial charge is 0.132 e. The summed E-state index contributed by atoms with van der Waals surface area (Å²) in [4.78, 5) is 8.28. The Labute approximate surface area is 101 Å². The van der Waals surface area contributed by atoms with E-state index in [1.54, 1.807) is 6.20 Å². The van der Waals surface area contributed by atoms with Gasteiger partial charge in [-0.2, -0.15) is 0 Å². The molecule has 0 radical (unpaired) electrons. The van der Waals surface area contributed by atoms with E-state index < -0.39 is 0 Å². The molecule has 1 aromatic carbocycles. The van der Waals surface area contributed by atoms with E-state index in [9.17, 15) is 0 Å². The van der Waals surface area contributed by atoms with Crippen LogP contribution < -0.4 is 11.1 Å². The van der Waals surface area contributed by atoms with Gasteiger partial charge in [-0.15, -0.1) is 0 Å². The van der Waals surface area contributed by atoms with Crippen molar-refractivity contribution in [3.8, 4) is 0 Å². The van der Waals surface area contributed by atoms with E-state index in [-0.39, 0.29) is 0 Å². The highest BCUT2D eigenvalue weighted by Crippen LogP contribution is 2.15. The molecule has 17 heavy (non-hydrogen) atoms. The molecule has 0 aliphatic carbocycles. The number of nitrogen functional groups attached to an aromatic ring is 1. The molecule has 0 aliphatic rings. The Morgan fingerprint density at radius 1 is 1.24 bits per heavy atom. The molecule has 1 aromatic heterocycles. The average molecular weight is 228 g/mol. The summed E-state index contributed by atoms with van der Waals surface area (Å²) >= 11 is 0. The van der Waals surface area contributed by atoms with Gasteiger partial charge in [-0.3, -0.25) is 0 Å². The summed E-state index contributed by atoms with van der Waals surface area (Å²) in [7, 11) is 0. The van der Waals surface area contributed by atoms with Crippen molar-refractivity contribution in [1.82, 2.24) is 9.97 Å². The third-order valence-electron chi connectivity index (χ3n) is 2.63. The fourth-order valence-corrected chi connectivity index (χ4v) is 1.61. The molecule has 4 heteroatoms. The minimum atomic E-state index is 0.540. The number of aromatic nitrogens is 2. The number of benzene rings is 1. The molecule has 3 N–H and O–H groups in total. The second-order valence-corrected chi connectivity index (χ2v) is 4.00. The molecule has 0 spiro atoms. The number of para-hydroxylation sites is 1. The lowest BCUT2D eigenvalue weighted by Gasteiger charge is -2.10. The summed E-state index contributed by atoms with van der Waals surface area (Å²) in [6.45, 7) is 4.53. The second-order valence-electron chi connectivity index (χ2n) is 4.00. The molecule has 2 rings (SSSR count). The van der Waals surface area contributed by atoms with Gasteiger partial charge in [-0.05, 0) is 25.5 Å². The van der Waals surface area contributed by atoms with E-state index in [2.05, 4.69) is 28.3 Å². The van der Waals surface area contributed by atoms with Gasteiger partial charge in [0, 0.05) is 24.0 Å². The van der Waals surface area contributed by atoms with Gasteiger partial charge < -0.3 is 11.1 Å². The standard InChI is InChI=1S/C13H16N4/c1-9-5-3-4-6-12(9)16-8-11-7-15-10(2)17-13(11)14/h3-7,16H,8H2,1-2H3,(H2,14,15,17). The third kappa shape index (κ3) is 2.72. The van der Waals surface area contributed by atoms with Crippen LogP contribution in [-0.4, -0.2) is 9.97 Å². The summed E-state index contributed by atoms with van der Waals surface area (Å²) in [6, 6.07) is 8.13. The van der Waals surface area contributed by atoms with Gasteiger partial charge in [0.2, 0.25) is 0 Å². The molecule has 0 atom stereocenters. The van der Waals surface area contributed by atoms with Crippen LogP contribution in [0.2, 0.25) is 0 Å². The lowest BCUT2D eigenvalue weighted by atomic mass is 10.2. The number of anilines is 2. The van der Waals surface area contributed by atoms with Crippen LogP contribution in [-0.2, 0) is 6.54 Å². The minimum Gasteiger partial charge on any atom is -0.383 e. The highest BCUT2D eigenvalue weighted by atomic mass is 15.0. The Balaban J connectivity index is 2.10. The zero-order chi connectivity index (χ0) is 12.3. The van der Waals surface area contributed by atoms with Gasteiger partial charge in [0.25, 0.3) is 0 Å². The van der Waals surface area contributed by atoms with Gasteiger partial charge in [0.05, 0.1) is 0 Å². The van der Waals surface area contributed by atoms with E-state index >= 15 is 0 Å². The number of aryl methyl sites for hydroxylation is 2. The van der Waals surface area contributed by atoms with Crippen LogP contribution >= 0.6 is 0 Å². The Morgan fingerprint density at radius 3 is 2.71 bits per heavy atom. The predicted octanol–water partition coefficient (Wildman–Crippen LogP) is 2.29. The predicted molar refractivity (Wildman–Crippen MR) is 69.7 cm³/mol. The Bertz CT molecular complexity index is 523. The number of nitrogens with zero attached hydrogens (tertiary/aromatic N) is 2. The number of hydrogen-bond donors (Lipinski definition) is 2. The molecular formula is C13H16N4. The Hall–Kier alpha value is -2.10. The molecule has 0 saturated heterocycles. The summed E-state index contributed by atoms with van der Waals surface area (Å²) in [5.41, 5.74) is 9.06. The molecule has 0 bridgehead atoms. The summed E-state index contributed by atoms with van der Waals surface area (Å²) in [5.74, 6) is 1.24. The fourth-order valence-electron chi connectivity index (χ4n) is 1.61. The highest BCUT2D eigenvalue weighted by molar-refractivity contribution is 5.51. The van der Waals surface area contributed by atoms with Crippen LogP contribution in [0, 0.1) is 13.8 Å². The molecule has 0 fully saturated rings. The normalized spacial score (nSPS) is 10.2. The molecule has 0 amide bonds. The first-order valence-corrected chi connectivity index (χ1v) is 5.54. The van der Waals surface area contributed by atoms with Crippen LogP contribution in [0.5, 0.6) is 0 Å². The zero-order valence-electron chi connectivity index (χ0n) is 10.1. The van der Waals surface area contributed by atoms with E-state index in [0.29, 0.717) is 18.2 Å². The molecule has 0 unspecified atom stereocenters. The quantitative estimate of drug-likeness (QED) is 0.846. The topological polar surface area (TPSA) is 63.8 Å². The number of nitrogens with two attached hydrogens (primary N) is 1. The third-order valence-corrected chi connectivity index (χ3v) is 2.63. The van der Waals surface area contributed by atoms with Crippen LogP contribution in [0.1, 0.15) is 17.0 Å². The number of nitrogens with one attached hydrogen (secondary N) is 1. The van der Waals surface area contributed by atoms with Crippen LogP contribution in [0.4, 0.5) is 11.5 Å². The van der Waals surface area contributed by atoms with E-state index in [1.165, 1.54) is 5.56 Å². The molecule has 4 nitrogen and oxygen atoms in total. The van der Waals surface area contributed by atoms with Crippen LogP contribution in [0.15, 0.2) is 30.5 Å². The first-order chi connectivity index (χ1) is 8.16. The van der Waals surface area contributed by atoms with Gasteiger partial charge in [0.15, 0.2) is 0 Å². The highest BCUT2D eigenvalue weighted by Gasteiger charge is 2.02. The van der Waals surface area contributed by atoms with Crippen LogP contribution in [0.25, 0.3) is 0 Å². The first kappa shape index (κ1) is 11.4. The minimum absolute atomic E-state index is 0.540. The van der Waals surface area contributed by atoms with Crippen LogP contribution in [0.3, 0.4) is 0 Å². The number of rotatable bonds is 3. The van der Waals surface area contributed by atoms with Crippen molar-refractivity contribution in [1.29, 1.82) is 0 Å². The van der Waals surface area contributed by atoms with Crippen molar-refractivity contribution in [2.24, 2.45) is 0 Å². The van der Waals surface area contributed by atoms with Gasteiger partial charge in [-0.1, -0.05) is 18.2 Å². The maximum absolute atomic E-state index is 5.83. The lowest BCUT2D eigenvalue weighted by molar-refractivity contribution is 1.00. The van der Waals surface area contributed by atoms with Gasteiger partial charge in [0.1, 0.15) is 11.6 Å². The summed E-state index contributed by atoms with van der Waals surface area (Å²) in [6.07, 6.45) is 1.77. The molecule has 2 aromatic rings. The first-order valence-electron chi connectivity index (χ1n) is 5.54. The van der Waals surface area contributed by atoms with Gasteiger partial charge in [-0.25, -0.2) is 9.97 Å². The van der Waals surface area contributed by atoms with Gasteiger partial charge >= 0.3 is 0 Å². The monoisotopic (exact) mass is 228 g/mol. The van der Waals surface area contributed by atoms with Crippen molar-refractivity contribution in [3.63, 3.8) is 0 Å². The molecule has 88 valence electrons. The molecular weight excluding hydrogens is 212 g/mol. The SMILES string of the molecule is Cc1ncc(CNc2ccccc2C)c(N)n1. The fraction of sp³-hybridized carbons (Fsp3) is 0.231. The summed E-state index contributed by atoms with van der Waals surface area (Å²) < 4.78 is 0. The maximum Gasteiger partial charge on any atom is 0.132 e. The molecule has 0 aliphatic heterocycles. The van der Waals surface area contributed by atoms with Crippen molar-refractivity contribution < 1.29 is 0 Å². The van der Waals surface area contributed by atoms with Crippen molar-refractivity contribution in [3.05, 3.63) is 47.4 Å². The largest absolute Gasteiger partial charge is 0.383 e. The average Bonchev–Trinajstić information content (AvgIpc) is 2.30.